The number of nitrogens with one attached hydrogen (secondary N) is 1. The first kappa shape index (κ1) is 22.4. The van der Waals surface area contributed by atoms with Crippen LogP contribution < -0.4 is 19.7 Å². The zero-order valence-corrected chi connectivity index (χ0v) is 18.9. The normalized spacial score (nSPS) is 13.0. The average molecular weight is 464 g/mol. The quantitative estimate of drug-likeness (QED) is 0.566. The van der Waals surface area contributed by atoms with E-state index in [4.69, 9.17) is 26.1 Å². The summed E-state index contributed by atoms with van der Waals surface area (Å²) in [6.07, 6.45) is 0.0504. The number of ether oxygens (including phenoxy) is 2. The van der Waals surface area contributed by atoms with Gasteiger partial charge in [-0.25, -0.2) is 0 Å². The van der Waals surface area contributed by atoms with Crippen molar-refractivity contribution in [3.63, 3.8) is 0 Å². The van der Waals surface area contributed by atoms with Gasteiger partial charge in [-0.2, -0.15) is 0 Å². The number of hydrogen-bond acceptors (Lipinski definition) is 5. The predicted molar refractivity (Wildman–Crippen MR) is 129 cm³/mol. The second kappa shape index (κ2) is 9.75. The summed E-state index contributed by atoms with van der Waals surface area (Å²) in [5, 5.41) is 3.24. The molecule has 1 N–H and O–H groups in total. The highest BCUT2D eigenvalue weighted by Gasteiger charge is 2.27. The van der Waals surface area contributed by atoms with Crippen LogP contribution in [0.25, 0.3) is 0 Å². The van der Waals surface area contributed by atoms with E-state index in [2.05, 4.69) is 5.32 Å². The molecular formula is C25H22ClN3O4. The lowest BCUT2D eigenvalue weighted by Crippen LogP contribution is -2.38. The molecule has 0 fully saturated rings. The third kappa shape index (κ3) is 4.99. The number of benzene rings is 3. The van der Waals surface area contributed by atoms with E-state index in [0.717, 1.165) is 11.3 Å². The van der Waals surface area contributed by atoms with E-state index < -0.39 is 0 Å². The number of anilines is 2. The maximum atomic E-state index is 13.2. The van der Waals surface area contributed by atoms with Crippen LogP contribution in [0.3, 0.4) is 0 Å². The van der Waals surface area contributed by atoms with Gasteiger partial charge < -0.3 is 19.7 Å². The second-order valence-corrected chi connectivity index (χ2v) is 7.76. The molecule has 1 aliphatic rings. The average Bonchev–Trinajstić information content (AvgIpc) is 2.96. The molecule has 0 bridgehead atoms. The SMILES string of the molecule is COc1ccc(C2=Nc3ccccc3N(CC(=O)Nc3cc(Cl)ccc3OC)C(=O)C2)cc1. The van der Waals surface area contributed by atoms with Crippen LogP contribution in [-0.2, 0) is 9.59 Å². The van der Waals surface area contributed by atoms with Crippen molar-refractivity contribution >= 4 is 46.2 Å². The minimum atomic E-state index is -0.383. The van der Waals surface area contributed by atoms with Gasteiger partial charge in [-0.1, -0.05) is 23.7 Å². The fourth-order valence-electron chi connectivity index (χ4n) is 3.58. The molecular weight excluding hydrogens is 442 g/mol. The molecule has 1 heterocycles. The van der Waals surface area contributed by atoms with Crippen molar-refractivity contribution in [3.05, 3.63) is 77.3 Å². The molecule has 168 valence electrons. The molecule has 0 unspecified atom stereocenters. The summed E-state index contributed by atoms with van der Waals surface area (Å²) in [4.78, 5) is 32.3. The van der Waals surface area contributed by atoms with Gasteiger partial charge in [-0.05, 0) is 60.2 Å². The van der Waals surface area contributed by atoms with Crippen molar-refractivity contribution in [2.24, 2.45) is 4.99 Å². The van der Waals surface area contributed by atoms with Crippen LogP contribution in [-0.4, -0.2) is 38.3 Å². The lowest BCUT2D eigenvalue weighted by atomic mass is 10.1. The summed E-state index contributed by atoms with van der Waals surface area (Å²) in [6.45, 7) is -0.184. The highest BCUT2D eigenvalue weighted by molar-refractivity contribution is 6.31. The molecule has 3 aromatic carbocycles. The first-order valence-electron chi connectivity index (χ1n) is 10.2. The molecule has 0 atom stereocenters. The Hall–Kier alpha value is -3.84. The number of rotatable bonds is 6. The minimum absolute atomic E-state index is 0.0504. The van der Waals surface area contributed by atoms with E-state index in [-0.39, 0.29) is 24.8 Å². The Labute approximate surface area is 196 Å². The summed E-state index contributed by atoms with van der Waals surface area (Å²) >= 11 is 6.06. The number of para-hydroxylation sites is 2. The van der Waals surface area contributed by atoms with E-state index in [1.165, 1.54) is 12.0 Å². The number of hydrogen-bond donors (Lipinski definition) is 1. The fraction of sp³-hybridized carbons (Fsp3) is 0.160. The third-order valence-electron chi connectivity index (χ3n) is 5.21. The van der Waals surface area contributed by atoms with Gasteiger partial charge in [0, 0.05) is 5.02 Å². The molecule has 0 aromatic heterocycles. The highest BCUT2D eigenvalue weighted by Crippen LogP contribution is 2.33. The van der Waals surface area contributed by atoms with Crippen molar-refractivity contribution in [3.8, 4) is 11.5 Å². The molecule has 3 aromatic rings. The van der Waals surface area contributed by atoms with Gasteiger partial charge in [-0.3, -0.25) is 14.6 Å². The summed E-state index contributed by atoms with van der Waals surface area (Å²) in [7, 11) is 3.10. The van der Waals surface area contributed by atoms with Gasteiger partial charge in [0.1, 0.15) is 18.0 Å². The van der Waals surface area contributed by atoms with Gasteiger partial charge >= 0.3 is 0 Å². The van der Waals surface area contributed by atoms with Crippen LogP contribution in [0.1, 0.15) is 12.0 Å². The van der Waals surface area contributed by atoms with Crippen molar-refractivity contribution in [1.82, 2.24) is 0 Å². The Morgan fingerprint density at radius 3 is 2.55 bits per heavy atom. The van der Waals surface area contributed by atoms with Crippen LogP contribution in [0.4, 0.5) is 17.1 Å². The molecule has 33 heavy (non-hydrogen) atoms. The molecule has 7 nitrogen and oxygen atoms in total. The summed E-state index contributed by atoms with van der Waals surface area (Å²) in [5.41, 5.74) is 3.05. The maximum absolute atomic E-state index is 13.2. The summed E-state index contributed by atoms with van der Waals surface area (Å²) in [6, 6.07) is 19.6. The molecule has 4 rings (SSSR count). The largest absolute Gasteiger partial charge is 0.497 e. The third-order valence-corrected chi connectivity index (χ3v) is 5.44. The summed E-state index contributed by atoms with van der Waals surface area (Å²) in [5.74, 6) is 0.573. The fourth-order valence-corrected chi connectivity index (χ4v) is 3.75. The number of halogens is 1. The Bertz CT molecular complexity index is 1220. The number of carbonyl (C=O) groups excluding carboxylic acids is 2. The van der Waals surface area contributed by atoms with Crippen LogP contribution in [0.2, 0.25) is 5.02 Å². The van der Waals surface area contributed by atoms with Crippen molar-refractivity contribution < 1.29 is 19.1 Å². The first-order valence-corrected chi connectivity index (χ1v) is 10.6. The highest BCUT2D eigenvalue weighted by atomic mass is 35.5. The Morgan fingerprint density at radius 1 is 1.06 bits per heavy atom. The number of carbonyl (C=O) groups is 2. The Kier molecular flexibility index (Phi) is 6.60. The number of amides is 2. The zero-order chi connectivity index (χ0) is 23.4. The van der Waals surface area contributed by atoms with E-state index in [1.807, 2.05) is 42.5 Å². The van der Waals surface area contributed by atoms with Gasteiger partial charge in [-0.15, -0.1) is 0 Å². The van der Waals surface area contributed by atoms with Gasteiger partial charge in [0.05, 0.1) is 43.4 Å². The topological polar surface area (TPSA) is 80.2 Å². The zero-order valence-electron chi connectivity index (χ0n) is 18.2. The van der Waals surface area contributed by atoms with Crippen LogP contribution in [0.5, 0.6) is 11.5 Å². The molecule has 0 spiro atoms. The van der Waals surface area contributed by atoms with E-state index in [0.29, 0.717) is 33.5 Å². The molecule has 0 saturated carbocycles. The van der Waals surface area contributed by atoms with E-state index in [9.17, 15) is 9.59 Å². The second-order valence-electron chi connectivity index (χ2n) is 7.33. The molecule has 8 heteroatoms. The maximum Gasteiger partial charge on any atom is 0.244 e. The molecule has 1 aliphatic heterocycles. The van der Waals surface area contributed by atoms with Gasteiger partial charge in [0.25, 0.3) is 0 Å². The van der Waals surface area contributed by atoms with Crippen molar-refractivity contribution in [2.45, 2.75) is 6.42 Å². The van der Waals surface area contributed by atoms with Crippen LogP contribution in [0.15, 0.2) is 71.7 Å². The van der Waals surface area contributed by atoms with Crippen LogP contribution in [0, 0.1) is 0 Å². The Morgan fingerprint density at radius 2 is 1.82 bits per heavy atom. The minimum Gasteiger partial charge on any atom is -0.497 e. The molecule has 0 radical (unpaired) electrons. The van der Waals surface area contributed by atoms with E-state index >= 15 is 0 Å². The monoisotopic (exact) mass is 463 g/mol. The Balaban J connectivity index is 1.60. The molecule has 0 aliphatic carbocycles. The molecule has 2 amide bonds. The number of aliphatic imine (C=N–C) groups is 1. The number of nitrogens with zero attached hydrogens (tertiary/aromatic N) is 2. The number of methoxy groups -OCH3 is 2. The van der Waals surface area contributed by atoms with Gasteiger partial charge in [0.15, 0.2) is 0 Å². The van der Waals surface area contributed by atoms with Crippen molar-refractivity contribution in [1.29, 1.82) is 0 Å². The van der Waals surface area contributed by atoms with E-state index in [1.54, 1.807) is 31.4 Å². The van der Waals surface area contributed by atoms with Gasteiger partial charge in [0.2, 0.25) is 11.8 Å². The lowest BCUT2D eigenvalue weighted by molar-refractivity contribution is -0.120. The van der Waals surface area contributed by atoms with Crippen LogP contribution >= 0.6 is 11.6 Å². The predicted octanol–water partition coefficient (Wildman–Crippen LogP) is 4.85. The summed E-state index contributed by atoms with van der Waals surface area (Å²) < 4.78 is 10.5. The number of fused-ring (bicyclic) bond motifs is 1. The van der Waals surface area contributed by atoms with Crippen molar-refractivity contribution in [2.75, 3.05) is 31.0 Å². The standard InChI is InChI=1S/C25H22ClN3O4/c1-32-18-10-7-16(8-11-18)20-14-25(31)29(22-6-4-3-5-19(22)27-20)15-24(30)28-21-13-17(26)9-12-23(21)33-2/h3-13H,14-15H2,1-2H3,(H,28,30). The molecule has 0 saturated heterocycles. The lowest BCUT2D eigenvalue weighted by Gasteiger charge is -2.22. The smallest absolute Gasteiger partial charge is 0.244 e. The first-order chi connectivity index (χ1) is 16.0.